The molecule has 120 valence electrons. The van der Waals surface area contributed by atoms with Crippen LogP contribution in [0.3, 0.4) is 0 Å². The maximum absolute atomic E-state index is 12.4. The normalized spacial score (nSPS) is 11.9. The van der Waals surface area contributed by atoms with Gasteiger partial charge in [-0.15, -0.1) is 0 Å². The van der Waals surface area contributed by atoms with Gasteiger partial charge in [0.15, 0.2) is 0 Å². The van der Waals surface area contributed by atoms with Crippen molar-refractivity contribution in [3.8, 4) is 5.75 Å². The Morgan fingerprint density at radius 1 is 1.29 bits per heavy atom. The second-order valence-electron chi connectivity index (χ2n) is 4.63. The predicted octanol–water partition coefficient (Wildman–Crippen LogP) is 2.47. The highest BCUT2D eigenvalue weighted by molar-refractivity contribution is 9.10. The Kier molecular flexibility index (Phi) is 7.65. The number of hydrogen-bond donors (Lipinski definition) is 1. The second-order valence-corrected chi connectivity index (χ2v) is 7.28. The lowest BCUT2D eigenvalue weighted by Crippen LogP contribution is -2.35. The Morgan fingerprint density at radius 2 is 2.00 bits per heavy atom. The zero-order valence-corrected chi connectivity index (χ0v) is 15.1. The minimum Gasteiger partial charge on any atom is -0.495 e. The van der Waals surface area contributed by atoms with Crippen LogP contribution in [0.5, 0.6) is 5.75 Å². The Bertz CT molecular complexity index is 549. The van der Waals surface area contributed by atoms with Crippen molar-refractivity contribution in [2.75, 3.05) is 33.3 Å². The van der Waals surface area contributed by atoms with Crippen LogP contribution >= 0.6 is 15.9 Å². The van der Waals surface area contributed by atoms with Crippen LogP contribution in [0.25, 0.3) is 0 Å². The first kappa shape index (κ1) is 18.4. The second kappa shape index (κ2) is 8.73. The number of likely N-dealkylation sites (N-methyl/N-ethyl adjacent to an activating group) is 1. The fourth-order valence-electron chi connectivity index (χ4n) is 2.02. The third kappa shape index (κ3) is 5.58. The molecule has 0 amide bonds. The highest BCUT2D eigenvalue weighted by atomic mass is 79.9. The number of nitrogens with one attached hydrogen (secondary N) is 1. The molecule has 7 heteroatoms. The van der Waals surface area contributed by atoms with Crippen LogP contribution in [0, 0.1) is 0 Å². The average Bonchev–Trinajstić information content (AvgIpc) is 2.46. The molecule has 0 aliphatic heterocycles. The van der Waals surface area contributed by atoms with Crippen molar-refractivity contribution < 1.29 is 13.2 Å². The van der Waals surface area contributed by atoms with E-state index >= 15 is 0 Å². The molecular weight excluding hydrogens is 356 g/mol. The molecular formula is C14H23BrN2O3S. The van der Waals surface area contributed by atoms with Gasteiger partial charge in [-0.25, -0.2) is 13.1 Å². The molecule has 0 aromatic heterocycles. The lowest BCUT2D eigenvalue weighted by Gasteiger charge is -2.19. The molecule has 1 N–H and O–H groups in total. The van der Waals surface area contributed by atoms with Crippen molar-refractivity contribution in [3.05, 3.63) is 22.7 Å². The number of ether oxygens (including phenoxy) is 1. The van der Waals surface area contributed by atoms with Crippen molar-refractivity contribution in [3.63, 3.8) is 0 Å². The van der Waals surface area contributed by atoms with Crippen LogP contribution in [-0.2, 0) is 10.0 Å². The monoisotopic (exact) mass is 378 g/mol. The van der Waals surface area contributed by atoms with E-state index in [1.807, 2.05) is 0 Å². The molecule has 0 bridgehead atoms. The number of sulfonamides is 1. The van der Waals surface area contributed by atoms with Gasteiger partial charge in [0.2, 0.25) is 10.0 Å². The zero-order chi connectivity index (χ0) is 15.9. The molecule has 0 fully saturated rings. The minimum atomic E-state index is -3.58. The number of hydrogen-bond acceptors (Lipinski definition) is 4. The molecule has 0 heterocycles. The molecule has 0 aliphatic rings. The predicted molar refractivity (Wildman–Crippen MR) is 88.3 cm³/mol. The van der Waals surface area contributed by atoms with Gasteiger partial charge in [0.05, 0.1) is 7.11 Å². The number of halogens is 1. The SMILES string of the molecule is CCCN(CC)CCNS(=O)(=O)c1cc(Br)ccc1OC. The smallest absolute Gasteiger partial charge is 0.244 e. The van der Waals surface area contributed by atoms with Crippen molar-refractivity contribution >= 4 is 26.0 Å². The molecule has 0 radical (unpaired) electrons. The first-order valence-electron chi connectivity index (χ1n) is 7.00. The molecule has 1 aromatic carbocycles. The van der Waals surface area contributed by atoms with E-state index in [0.717, 1.165) is 19.5 Å². The van der Waals surface area contributed by atoms with Gasteiger partial charge in [0.25, 0.3) is 0 Å². The van der Waals surface area contributed by atoms with E-state index in [1.165, 1.54) is 7.11 Å². The molecule has 5 nitrogen and oxygen atoms in total. The number of rotatable bonds is 9. The third-order valence-electron chi connectivity index (χ3n) is 3.12. The van der Waals surface area contributed by atoms with Gasteiger partial charge in [-0.1, -0.05) is 29.8 Å². The van der Waals surface area contributed by atoms with Gasteiger partial charge in [-0.05, 0) is 37.7 Å². The number of nitrogens with zero attached hydrogens (tertiary/aromatic N) is 1. The van der Waals surface area contributed by atoms with E-state index in [1.54, 1.807) is 18.2 Å². The number of methoxy groups -OCH3 is 1. The summed E-state index contributed by atoms with van der Waals surface area (Å²) in [6.45, 7) is 7.14. The lowest BCUT2D eigenvalue weighted by atomic mass is 10.3. The van der Waals surface area contributed by atoms with Crippen molar-refractivity contribution in [2.45, 2.75) is 25.2 Å². The summed E-state index contributed by atoms with van der Waals surface area (Å²) in [4.78, 5) is 2.36. The van der Waals surface area contributed by atoms with Crippen molar-refractivity contribution in [1.82, 2.24) is 9.62 Å². The van der Waals surface area contributed by atoms with Gasteiger partial charge >= 0.3 is 0 Å². The highest BCUT2D eigenvalue weighted by Gasteiger charge is 2.19. The van der Waals surface area contributed by atoms with E-state index < -0.39 is 10.0 Å². The summed E-state index contributed by atoms with van der Waals surface area (Å²) in [6.07, 6.45) is 1.06. The molecule has 0 saturated carbocycles. The van der Waals surface area contributed by atoms with E-state index in [-0.39, 0.29) is 4.90 Å². The quantitative estimate of drug-likeness (QED) is 0.716. The third-order valence-corrected chi connectivity index (χ3v) is 5.10. The Morgan fingerprint density at radius 3 is 2.57 bits per heavy atom. The maximum atomic E-state index is 12.4. The van der Waals surface area contributed by atoms with E-state index in [0.29, 0.717) is 23.3 Å². The summed E-state index contributed by atoms with van der Waals surface area (Å²) in [7, 11) is -2.12. The topological polar surface area (TPSA) is 58.6 Å². The minimum absolute atomic E-state index is 0.151. The summed E-state index contributed by atoms with van der Waals surface area (Å²) >= 11 is 3.29. The summed E-state index contributed by atoms with van der Waals surface area (Å²) < 4.78 is 33.2. The van der Waals surface area contributed by atoms with E-state index in [9.17, 15) is 8.42 Å². The lowest BCUT2D eigenvalue weighted by molar-refractivity contribution is 0.293. The molecule has 1 rings (SSSR count). The summed E-state index contributed by atoms with van der Waals surface area (Å²) in [6, 6.07) is 4.93. The molecule has 0 saturated heterocycles. The standard InChI is InChI=1S/C14H23BrN2O3S/c1-4-9-17(5-2)10-8-16-21(18,19)14-11-12(15)6-7-13(14)20-3/h6-7,11,16H,4-5,8-10H2,1-3H3. The summed E-state index contributed by atoms with van der Waals surface area (Å²) in [5, 5.41) is 0. The van der Waals surface area contributed by atoms with E-state index in [4.69, 9.17) is 4.74 Å². The molecule has 21 heavy (non-hydrogen) atoms. The van der Waals surface area contributed by atoms with Crippen LogP contribution in [0.1, 0.15) is 20.3 Å². The maximum Gasteiger partial charge on any atom is 0.244 e. The molecule has 0 aliphatic carbocycles. The molecule has 0 spiro atoms. The average molecular weight is 379 g/mol. The Labute approximate surface area is 135 Å². The zero-order valence-electron chi connectivity index (χ0n) is 12.7. The molecule has 1 aromatic rings. The largest absolute Gasteiger partial charge is 0.495 e. The fourth-order valence-corrected chi connectivity index (χ4v) is 3.75. The van der Waals surface area contributed by atoms with Gasteiger partial charge in [-0.3, -0.25) is 0 Å². The van der Waals surface area contributed by atoms with Crippen LogP contribution < -0.4 is 9.46 Å². The fraction of sp³-hybridized carbons (Fsp3) is 0.571. The van der Waals surface area contributed by atoms with Crippen LogP contribution in [0.4, 0.5) is 0 Å². The Hall–Kier alpha value is -0.630. The Balaban J connectivity index is 2.76. The van der Waals surface area contributed by atoms with Crippen LogP contribution in [0.2, 0.25) is 0 Å². The summed E-state index contributed by atoms with van der Waals surface area (Å²) in [5.41, 5.74) is 0. The first-order valence-corrected chi connectivity index (χ1v) is 9.27. The van der Waals surface area contributed by atoms with Gasteiger partial charge in [0, 0.05) is 17.6 Å². The molecule has 0 atom stereocenters. The first-order chi connectivity index (χ1) is 9.94. The highest BCUT2D eigenvalue weighted by Crippen LogP contribution is 2.26. The van der Waals surface area contributed by atoms with Gasteiger partial charge in [-0.2, -0.15) is 0 Å². The van der Waals surface area contributed by atoms with Crippen LogP contribution in [0.15, 0.2) is 27.6 Å². The van der Waals surface area contributed by atoms with Gasteiger partial charge in [0.1, 0.15) is 10.6 Å². The van der Waals surface area contributed by atoms with Crippen molar-refractivity contribution in [1.29, 1.82) is 0 Å². The van der Waals surface area contributed by atoms with E-state index in [2.05, 4.69) is 39.4 Å². The van der Waals surface area contributed by atoms with Gasteiger partial charge < -0.3 is 9.64 Å². The van der Waals surface area contributed by atoms with Crippen molar-refractivity contribution in [2.24, 2.45) is 0 Å². The molecule has 0 unspecified atom stereocenters. The number of benzene rings is 1. The van der Waals surface area contributed by atoms with Crippen LogP contribution in [-0.4, -0.2) is 46.6 Å². The summed E-state index contributed by atoms with van der Waals surface area (Å²) in [5.74, 6) is 0.339.